The van der Waals surface area contributed by atoms with Crippen LogP contribution >= 0.6 is 0 Å². The Hall–Kier alpha value is -3.43. The smallest absolute Gasteiger partial charge is 0.331 e. The summed E-state index contributed by atoms with van der Waals surface area (Å²) in [6, 6.07) is 5.71. The number of anilines is 1. The van der Waals surface area contributed by atoms with Crippen LogP contribution in [0.4, 0.5) is 5.69 Å². The number of sulfonamides is 1. The van der Waals surface area contributed by atoms with Gasteiger partial charge in [0.1, 0.15) is 28.8 Å². The number of carbonyl (C=O) groups excluding carboxylic acids is 1. The van der Waals surface area contributed by atoms with Crippen molar-refractivity contribution in [2.45, 2.75) is 24.9 Å². The number of aryl methyl sites for hydroxylation is 1. The van der Waals surface area contributed by atoms with Crippen LogP contribution in [0.25, 0.3) is 0 Å². The molecule has 2 rings (SSSR count). The van der Waals surface area contributed by atoms with Gasteiger partial charge in [0.15, 0.2) is 0 Å². The summed E-state index contributed by atoms with van der Waals surface area (Å²) < 4.78 is 32.8. The molecule has 0 bridgehead atoms. The maximum atomic E-state index is 12.5. The highest BCUT2D eigenvalue weighted by atomic mass is 32.2. The van der Waals surface area contributed by atoms with Gasteiger partial charge >= 0.3 is 5.69 Å². The first kappa shape index (κ1) is 22.9. The largest absolute Gasteiger partial charge is 0.495 e. The highest BCUT2D eigenvalue weighted by Crippen LogP contribution is 2.28. The van der Waals surface area contributed by atoms with Gasteiger partial charge in [0, 0.05) is 32.5 Å². The average Bonchev–Trinajstić information content (AvgIpc) is 2.71. The first-order valence-electron chi connectivity index (χ1n) is 8.71. The second kappa shape index (κ2) is 8.93. The molecule has 0 atom stereocenters. The molecule has 0 aliphatic carbocycles. The molecule has 0 saturated heterocycles. The summed E-state index contributed by atoms with van der Waals surface area (Å²) >= 11 is 0. The molecular formula is C18H21N5O6S. The Morgan fingerprint density at radius 1 is 1.30 bits per heavy atom. The Morgan fingerprint density at radius 3 is 2.50 bits per heavy atom. The SMILES string of the molecule is CCn1cc(C#N)c(=O)n(CC(=O)Nc2ccc(OC)c(S(=O)(=O)N(C)C)c2)c1=O. The van der Waals surface area contributed by atoms with E-state index >= 15 is 0 Å². The summed E-state index contributed by atoms with van der Waals surface area (Å²) in [4.78, 5) is 36.9. The number of carbonyl (C=O) groups is 1. The lowest BCUT2D eigenvalue weighted by atomic mass is 10.3. The lowest BCUT2D eigenvalue weighted by Gasteiger charge is -2.16. The number of amides is 1. The van der Waals surface area contributed by atoms with Crippen molar-refractivity contribution >= 4 is 21.6 Å². The molecule has 1 aromatic carbocycles. The van der Waals surface area contributed by atoms with Crippen LogP contribution in [0, 0.1) is 11.3 Å². The number of aromatic nitrogens is 2. The van der Waals surface area contributed by atoms with Crippen molar-refractivity contribution < 1.29 is 17.9 Å². The minimum absolute atomic E-state index is 0.0884. The molecule has 30 heavy (non-hydrogen) atoms. The molecule has 1 amide bonds. The Labute approximate surface area is 172 Å². The minimum atomic E-state index is -3.86. The van der Waals surface area contributed by atoms with E-state index in [1.807, 2.05) is 0 Å². The van der Waals surface area contributed by atoms with E-state index in [2.05, 4.69) is 5.32 Å². The van der Waals surface area contributed by atoms with Crippen LogP contribution in [0.5, 0.6) is 5.75 Å². The van der Waals surface area contributed by atoms with Gasteiger partial charge in [-0.3, -0.25) is 14.2 Å². The molecular weight excluding hydrogens is 414 g/mol. The predicted molar refractivity (Wildman–Crippen MR) is 108 cm³/mol. The van der Waals surface area contributed by atoms with Crippen molar-refractivity contribution in [1.82, 2.24) is 13.4 Å². The van der Waals surface area contributed by atoms with E-state index in [0.717, 1.165) is 15.1 Å². The van der Waals surface area contributed by atoms with Crippen molar-refractivity contribution in [3.63, 3.8) is 0 Å². The number of methoxy groups -OCH3 is 1. The summed E-state index contributed by atoms with van der Waals surface area (Å²) in [7, 11) is 0.168. The van der Waals surface area contributed by atoms with Gasteiger partial charge in [-0.25, -0.2) is 22.1 Å². The summed E-state index contributed by atoms with van der Waals surface area (Å²) in [5.74, 6) is -0.657. The fourth-order valence-corrected chi connectivity index (χ4v) is 3.67. The van der Waals surface area contributed by atoms with Crippen LogP contribution in [0.3, 0.4) is 0 Å². The van der Waals surface area contributed by atoms with Gasteiger partial charge in [-0.15, -0.1) is 0 Å². The van der Waals surface area contributed by atoms with Crippen LogP contribution in [0.15, 0.2) is 38.9 Å². The van der Waals surface area contributed by atoms with E-state index in [-0.39, 0.29) is 28.4 Å². The third-order valence-electron chi connectivity index (χ3n) is 4.21. The van der Waals surface area contributed by atoms with Crippen molar-refractivity contribution in [2.24, 2.45) is 0 Å². The van der Waals surface area contributed by atoms with E-state index in [4.69, 9.17) is 10.00 Å². The first-order valence-corrected chi connectivity index (χ1v) is 10.2. The Balaban J connectivity index is 2.40. The summed E-state index contributed by atoms with van der Waals surface area (Å²) in [6.07, 6.45) is 1.14. The first-order chi connectivity index (χ1) is 14.1. The van der Waals surface area contributed by atoms with Crippen LogP contribution < -0.4 is 21.3 Å². The molecule has 0 aliphatic heterocycles. The number of nitrogens with zero attached hydrogens (tertiary/aromatic N) is 4. The van der Waals surface area contributed by atoms with Crippen LogP contribution in [-0.2, 0) is 27.9 Å². The molecule has 12 heteroatoms. The predicted octanol–water partition coefficient (Wildman–Crippen LogP) is -0.201. The van der Waals surface area contributed by atoms with Gasteiger partial charge in [-0.05, 0) is 25.1 Å². The molecule has 0 unspecified atom stereocenters. The van der Waals surface area contributed by atoms with Gasteiger partial charge in [-0.2, -0.15) is 5.26 Å². The third kappa shape index (κ3) is 4.42. The maximum Gasteiger partial charge on any atom is 0.331 e. The number of nitriles is 1. The molecule has 2 aromatic rings. The number of benzene rings is 1. The Morgan fingerprint density at radius 2 is 1.97 bits per heavy atom. The van der Waals surface area contributed by atoms with Crippen molar-refractivity contribution in [2.75, 3.05) is 26.5 Å². The molecule has 0 fully saturated rings. The summed E-state index contributed by atoms with van der Waals surface area (Å²) in [5, 5.41) is 11.5. The fraction of sp³-hybridized carbons (Fsp3) is 0.333. The number of ether oxygens (including phenoxy) is 1. The molecule has 11 nitrogen and oxygen atoms in total. The van der Waals surface area contributed by atoms with Gasteiger partial charge in [-0.1, -0.05) is 0 Å². The maximum absolute atomic E-state index is 12.5. The molecule has 160 valence electrons. The normalized spacial score (nSPS) is 11.2. The third-order valence-corrected chi connectivity index (χ3v) is 6.04. The van der Waals surface area contributed by atoms with Gasteiger partial charge < -0.3 is 10.1 Å². The lowest BCUT2D eigenvalue weighted by molar-refractivity contribution is -0.116. The van der Waals surface area contributed by atoms with E-state index < -0.39 is 33.7 Å². The minimum Gasteiger partial charge on any atom is -0.495 e. The molecule has 0 spiro atoms. The van der Waals surface area contributed by atoms with Crippen molar-refractivity contribution in [3.8, 4) is 11.8 Å². The topological polar surface area (TPSA) is 144 Å². The molecule has 0 radical (unpaired) electrons. The number of rotatable bonds is 7. The van der Waals surface area contributed by atoms with Gasteiger partial charge in [0.25, 0.3) is 5.56 Å². The van der Waals surface area contributed by atoms with Gasteiger partial charge in [0.2, 0.25) is 15.9 Å². The Kier molecular flexibility index (Phi) is 6.81. The number of hydrogen-bond donors (Lipinski definition) is 1. The van der Waals surface area contributed by atoms with E-state index in [1.165, 1.54) is 39.4 Å². The summed E-state index contributed by atoms with van der Waals surface area (Å²) in [6.45, 7) is 1.22. The molecule has 0 saturated carbocycles. The zero-order chi connectivity index (χ0) is 22.6. The zero-order valence-electron chi connectivity index (χ0n) is 16.9. The molecule has 1 aromatic heterocycles. The Bertz CT molecular complexity index is 1240. The highest BCUT2D eigenvalue weighted by Gasteiger charge is 2.23. The number of nitrogens with one attached hydrogen (secondary N) is 1. The van der Waals surface area contributed by atoms with Crippen LogP contribution in [0.2, 0.25) is 0 Å². The summed E-state index contributed by atoms with van der Waals surface area (Å²) in [5.41, 5.74) is -1.76. The second-order valence-electron chi connectivity index (χ2n) is 6.32. The average molecular weight is 435 g/mol. The molecule has 1 heterocycles. The van der Waals surface area contributed by atoms with E-state index in [9.17, 15) is 22.8 Å². The van der Waals surface area contributed by atoms with Gasteiger partial charge in [0.05, 0.1) is 7.11 Å². The van der Waals surface area contributed by atoms with E-state index in [0.29, 0.717) is 4.57 Å². The fourth-order valence-electron chi connectivity index (χ4n) is 2.59. The monoisotopic (exact) mass is 435 g/mol. The number of hydrogen-bond acceptors (Lipinski definition) is 7. The quantitative estimate of drug-likeness (QED) is 0.634. The lowest BCUT2D eigenvalue weighted by Crippen LogP contribution is -2.43. The molecule has 0 aliphatic rings. The highest BCUT2D eigenvalue weighted by molar-refractivity contribution is 7.89. The standard InChI is InChI=1S/C18H21N5O6S/c1-5-22-10-12(9-19)17(25)23(18(22)26)11-16(24)20-13-6-7-14(29-4)15(8-13)30(27,28)21(2)3/h6-8,10H,5,11H2,1-4H3,(H,20,24). The second-order valence-corrected chi connectivity index (χ2v) is 8.44. The van der Waals surface area contributed by atoms with Crippen LogP contribution in [0.1, 0.15) is 12.5 Å². The van der Waals surface area contributed by atoms with Crippen LogP contribution in [-0.4, -0.2) is 49.0 Å². The molecule has 1 N–H and O–H groups in total. The zero-order valence-corrected chi connectivity index (χ0v) is 17.7. The van der Waals surface area contributed by atoms with E-state index in [1.54, 1.807) is 13.0 Å². The van der Waals surface area contributed by atoms with Crippen molar-refractivity contribution in [3.05, 3.63) is 50.8 Å². The van der Waals surface area contributed by atoms with Crippen molar-refractivity contribution in [1.29, 1.82) is 5.26 Å².